The Bertz CT molecular complexity index is 2230. The summed E-state index contributed by atoms with van der Waals surface area (Å²) < 4.78 is 70.7. The van der Waals surface area contributed by atoms with Gasteiger partial charge >= 0.3 is 15.5 Å². The molecule has 2 amide bonds. The van der Waals surface area contributed by atoms with Crippen LogP contribution in [0.4, 0.5) is 18.9 Å². The summed E-state index contributed by atoms with van der Waals surface area (Å²) >= 11 is 0. The fourth-order valence-electron chi connectivity index (χ4n) is 9.50. The van der Waals surface area contributed by atoms with Gasteiger partial charge in [0.25, 0.3) is 5.91 Å². The number of hydrogen-bond acceptors (Lipinski definition) is 11. The van der Waals surface area contributed by atoms with Crippen molar-refractivity contribution in [2.24, 2.45) is 29.1 Å². The summed E-state index contributed by atoms with van der Waals surface area (Å²) in [6, 6.07) is 18.6. The average molecular weight is 947 g/mol. The standard InChI is InChI=1S/C48H69F3N6O8S/c1-29-21-40(30(2)31(3)47(29,5)6)54-46(61)43-42(32(4)59)41(28-58)65-57(43)26-34-17-14-18-39(44(34)64-10)35-23-36(25-38(24-35)56(9)20-19-52-66(62,63)48(49,50)51)45(60)53-37(27-55(7)8)22-33-15-12-11-13-16-33/h11-18,23-25,29-32,37,40-43,52,58-59H,19-22,26-28H2,1-10H3,(H,53,60)(H,54,61)/t29-,30+,31+,32+,37+,40+,41+,42-,43+/m1/s1. The molecule has 1 saturated carbocycles. The van der Waals surface area contributed by atoms with Gasteiger partial charge in [0.1, 0.15) is 17.9 Å². The van der Waals surface area contributed by atoms with Crippen molar-refractivity contribution >= 4 is 27.5 Å². The summed E-state index contributed by atoms with van der Waals surface area (Å²) in [5.74, 6) is -0.345. The third-order valence-electron chi connectivity index (χ3n) is 14.0. The quantitative estimate of drug-likeness (QED) is 0.104. The second-order valence-electron chi connectivity index (χ2n) is 19.0. The number of alkyl halides is 3. The molecule has 66 heavy (non-hydrogen) atoms. The van der Waals surface area contributed by atoms with Gasteiger partial charge in [-0.2, -0.15) is 18.2 Å². The number of methoxy groups -OCH3 is 1. The SMILES string of the molecule is COc1c(CN2O[C@@H](CO)[C@@H]([C@H](C)O)[C@H]2C(=O)N[C@H]2C[C@@H](C)C(C)(C)[C@@H](C)[C@@H]2C)cccc1-c1cc(C(=O)N[C@@H](Cc2ccccc2)CN(C)C)cc(N(C)CCNS(=O)(=O)C(F)(F)F)c1. The summed E-state index contributed by atoms with van der Waals surface area (Å²) in [5, 5.41) is 29.5. The van der Waals surface area contributed by atoms with Gasteiger partial charge in [-0.15, -0.1) is 0 Å². The number of benzene rings is 3. The average Bonchev–Trinajstić information content (AvgIpc) is 3.63. The number of para-hydroxylation sites is 1. The van der Waals surface area contributed by atoms with E-state index < -0.39 is 58.8 Å². The predicted molar refractivity (Wildman–Crippen MR) is 249 cm³/mol. The van der Waals surface area contributed by atoms with Crippen LogP contribution in [0.1, 0.15) is 69.4 Å². The number of amides is 2. The highest BCUT2D eigenvalue weighted by Gasteiger charge is 2.51. The van der Waals surface area contributed by atoms with Gasteiger partial charge in [-0.3, -0.25) is 14.4 Å². The van der Waals surface area contributed by atoms with Crippen LogP contribution in [0.5, 0.6) is 5.75 Å². The van der Waals surface area contributed by atoms with Crippen molar-refractivity contribution in [3.63, 3.8) is 0 Å². The molecule has 3 aromatic rings. The fraction of sp³-hybridized carbons (Fsp3) is 0.583. The second kappa shape index (κ2) is 21.8. The van der Waals surface area contributed by atoms with Crippen molar-refractivity contribution in [1.29, 1.82) is 0 Å². The van der Waals surface area contributed by atoms with Crippen molar-refractivity contribution in [2.45, 2.75) is 96.8 Å². The number of ether oxygens (including phenoxy) is 1. The molecule has 0 bridgehead atoms. The normalized spacial score (nSPS) is 24.5. The Morgan fingerprint density at radius 3 is 2.32 bits per heavy atom. The van der Waals surface area contributed by atoms with Gasteiger partial charge in [-0.1, -0.05) is 83.1 Å². The van der Waals surface area contributed by atoms with E-state index in [0.29, 0.717) is 52.9 Å². The summed E-state index contributed by atoms with van der Waals surface area (Å²) in [5.41, 5.74) is -2.17. The number of sulfonamides is 1. The van der Waals surface area contributed by atoms with E-state index in [1.165, 1.54) is 12.2 Å². The van der Waals surface area contributed by atoms with Gasteiger partial charge in [0, 0.05) is 67.1 Å². The highest BCUT2D eigenvalue weighted by Crippen LogP contribution is 2.48. The molecule has 1 aliphatic heterocycles. The molecule has 9 atom stereocenters. The molecule has 0 spiro atoms. The van der Waals surface area contributed by atoms with Crippen molar-refractivity contribution < 1.29 is 51.0 Å². The van der Waals surface area contributed by atoms with Crippen LogP contribution in [0.3, 0.4) is 0 Å². The maximum absolute atomic E-state index is 14.5. The number of halogens is 3. The highest BCUT2D eigenvalue weighted by molar-refractivity contribution is 7.90. The fourth-order valence-corrected chi connectivity index (χ4v) is 10.0. The molecule has 1 heterocycles. The molecule has 1 saturated heterocycles. The topological polar surface area (TPSA) is 173 Å². The van der Waals surface area contributed by atoms with E-state index >= 15 is 0 Å². The number of carbonyl (C=O) groups is 2. The Labute approximate surface area is 388 Å². The van der Waals surface area contributed by atoms with E-state index in [4.69, 9.17) is 9.57 Å². The molecule has 5 rings (SSSR count). The lowest BCUT2D eigenvalue weighted by Crippen LogP contribution is -2.56. The molecule has 18 heteroatoms. The molecular weight excluding hydrogens is 878 g/mol. The van der Waals surface area contributed by atoms with Crippen molar-refractivity contribution in [3.05, 3.63) is 83.4 Å². The zero-order valence-corrected chi connectivity index (χ0v) is 40.5. The van der Waals surface area contributed by atoms with Crippen LogP contribution in [0.25, 0.3) is 11.1 Å². The number of nitrogens with zero attached hydrogens (tertiary/aromatic N) is 3. The number of likely N-dealkylation sites (N-methyl/N-ethyl adjacent to an activating group) is 2. The summed E-state index contributed by atoms with van der Waals surface area (Å²) in [6.45, 7) is 12.0. The van der Waals surface area contributed by atoms with Gasteiger partial charge < -0.3 is 35.4 Å². The first-order chi connectivity index (χ1) is 30.9. The van der Waals surface area contributed by atoms with Gasteiger partial charge in [-0.25, -0.2) is 13.1 Å². The van der Waals surface area contributed by atoms with Crippen LogP contribution in [0, 0.1) is 29.1 Å². The van der Waals surface area contributed by atoms with Crippen LogP contribution >= 0.6 is 0 Å². The lowest BCUT2D eigenvalue weighted by atomic mass is 9.58. The van der Waals surface area contributed by atoms with E-state index in [0.717, 1.165) is 12.0 Å². The Hall–Kier alpha value is -4.30. The third-order valence-corrected chi connectivity index (χ3v) is 15.2. The summed E-state index contributed by atoms with van der Waals surface area (Å²) in [6.07, 6.45) is -0.595. The number of aliphatic hydroxyl groups excluding tert-OH is 2. The van der Waals surface area contributed by atoms with E-state index in [1.807, 2.05) is 49.3 Å². The second-order valence-corrected chi connectivity index (χ2v) is 20.8. The molecule has 3 aromatic carbocycles. The van der Waals surface area contributed by atoms with E-state index in [-0.39, 0.29) is 48.0 Å². The van der Waals surface area contributed by atoms with Gasteiger partial charge in [-0.05, 0) is 86.4 Å². The van der Waals surface area contributed by atoms with Gasteiger partial charge in [0.2, 0.25) is 5.91 Å². The Morgan fingerprint density at radius 1 is 1.03 bits per heavy atom. The minimum atomic E-state index is -5.59. The first-order valence-corrected chi connectivity index (χ1v) is 24.0. The third kappa shape index (κ3) is 12.2. The van der Waals surface area contributed by atoms with Crippen LogP contribution in [0.2, 0.25) is 0 Å². The van der Waals surface area contributed by atoms with Crippen molar-refractivity contribution in [2.75, 3.05) is 59.4 Å². The number of carbonyl (C=O) groups excluding carboxylic acids is 2. The highest BCUT2D eigenvalue weighted by atomic mass is 32.2. The number of aliphatic hydroxyl groups is 2. The minimum absolute atomic E-state index is 0.00708. The molecule has 2 aliphatic rings. The summed E-state index contributed by atoms with van der Waals surface area (Å²) in [4.78, 5) is 38.5. The monoisotopic (exact) mass is 946 g/mol. The Morgan fingerprint density at radius 2 is 1.71 bits per heavy atom. The molecule has 0 radical (unpaired) electrons. The summed E-state index contributed by atoms with van der Waals surface area (Å²) in [7, 11) is 1.26. The van der Waals surface area contributed by atoms with E-state index in [9.17, 15) is 41.4 Å². The van der Waals surface area contributed by atoms with Crippen molar-refractivity contribution in [1.82, 2.24) is 25.3 Å². The lowest BCUT2D eigenvalue weighted by molar-refractivity contribution is -0.182. The number of rotatable bonds is 19. The molecule has 366 valence electrons. The van der Waals surface area contributed by atoms with E-state index in [2.05, 4.69) is 45.3 Å². The van der Waals surface area contributed by atoms with Crippen molar-refractivity contribution in [3.8, 4) is 16.9 Å². The van der Waals surface area contributed by atoms with Crippen LogP contribution in [-0.4, -0.2) is 131 Å². The molecular formula is C48H69F3N6O8S. The molecule has 0 aromatic heterocycles. The largest absolute Gasteiger partial charge is 0.511 e. The Kier molecular flexibility index (Phi) is 17.4. The first kappa shape index (κ1) is 52.7. The lowest BCUT2D eigenvalue weighted by Gasteiger charge is -2.50. The first-order valence-electron chi connectivity index (χ1n) is 22.5. The number of hydroxylamine groups is 2. The zero-order chi connectivity index (χ0) is 48.9. The Balaban J connectivity index is 1.52. The molecule has 1 aliphatic carbocycles. The predicted octanol–water partition coefficient (Wildman–Crippen LogP) is 5.44. The molecule has 0 unspecified atom stereocenters. The minimum Gasteiger partial charge on any atom is -0.496 e. The van der Waals surface area contributed by atoms with Gasteiger partial charge in [0.15, 0.2) is 0 Å². The maximum Gasteiger partial charge on any atom is 0.511 e. The molecule has 2 fully saturated rings. The molecule has 5 N–H and O–H groups in total. The van der Waals surface area contributed by atoms with Crippen LogP contribution in [-0.2, 0) is 32.6 Å². The molecule has 14 nitrogen and oxygen atoms in total. The smallest absolute Gasteiger partial charge is 0.496 e. The van der Waals surface area contributed by atoms with Crippen LogP contribution < -0.4 is 25.0 Å². The zero-order valence-electron chi connectivity index (χ0n) is 39.7. The number of anilines is 1. The maximum atomic E-state index is 14.5. The number of hydrogen-bond donors (Lipinski definition) is 5. The van der Waals surface area contributed by atoms with E-state index in [1.54, 1.807) is 60.0 Å². The number of nitrogens with one attached hydrogen (secondary N) is 3. The van der Waals surface area contributed by atoms with Gasteiger partial charge in [0.05, 0.1) is 26.4 Å². The van der Waals surface area contributed by atoms with Crippen LogP contribution in [0.15, 0.2) is 66.7 Å².